The van der Waals surface area contributed by atoms with Crippen LogP contribution in [0.1, 0.15) is 32.8 Å². The molecule has 104 valence electrons. The van der Waals surface area contributed by atoms with Gasteiger partial charge >= 0.3 is 9.76 Å². The van der Waals surface area contributed by atoms with Crippen LogP contribution in [0.5, 0.6) is 5.75 Å². The molecule has 0 atom stereocenters. The number of hydrogen-bond donors (Lipinski definition) is 0. The van der Waals surface area contributed by atoms with Gasteiger partial charge in [0.15, 0.2) is 5.41 Å². The van der Waals surface area contributed by atoms with Gasteiger partial charge in [-0.3, -0.25) is 0 Å². The van der Waals surface area contributed by atoms with E-state index in [1.165, 1.54) is 0 Å². The summed E-state index contributed by atoms with van der Waals surface area (Å²) in [6, 6.07) is 7.82. The Hall–Kier alpha value is -1.10. The predicted octanol–water partition coefficient (Wildman–Crippen LogP) is 3.46. The SMILES string of the molecule is C=Cc1ccccc1O[Si]C(CC)(OCC)OCC. The molecule has 0 aromatic heterocycles. The first kappa shape index (κ1) is 16.0. The van der Waals surface area contributed by atoms with Crippen LogP contribution in [0.2, 0.25) is 0 Å². The van der Waals surface area contributed by atoms with Crippen LogP contribution >= 0.6 is 0 Å². The molecule has 0 bridgehead atoms. The highest BCUT2D eigenvalue weighted by Crippen LogP contribution is 2.22. The van der Waals surface area contributed by atoms with Crippen molar-refractivity contribution in [1.82, 2.24) is 0 Å². The second-order valence-corrected chi connectivity index (χ2v) is 5.09. The zero-order valence-electron chi connectivity index (χ0n) is 11.9. The number of hydrogen-bond acceptors (Lipinski definition) is 3. The lowest BCUT2D eigenvalue weighted by Crippen LogP contribution is -2.44. The van der Waals surface area contributed by atoms with Gasteiger partial charge in [-0.2, -0.15) is 0 Å². The summed E-state index contributed by atoms with van der Waals surface area (Å²) in [4.78, 5) is 0. The summed E-state index contributed by atoms with van der Waals surface area (Å²) in [6.07, 6.45) is 2.54. The average molecular weight is 278 g/mol. The van der Waals surface area contributed by atoms with Crippen molar-refractivity contribution in [2.75, 3.05) is 13.2 Å². The first-order valence-electron chi connectivity index (χ1n) is 6.64. The Morgan fingerprint density at radius 3 is 2.32 bits per heavy atom. The normalized spacial score (nSPS) is 11.3. The molecule has 2 radical (unpaired) electrons. The zero-order chi connectivity index (χ0) is 14.1. The molecule has 19 heavy (non-hydrogen) atoms. The van der Waals surface area contributed by atoms with Gasteiger partial charge in [0, 0.05) is 18.8 Å². The van der Waals surface area contributed by atoms with Crippen LogP contribution in [0, 0.1) is 0 Å². The third-order valence-corrected chi connectivity index (χ3v) is 3.95. The largest absolute Gasteiger partial charge is 0.535 e. The van der Waals surface area contributed by atoms with Crippen LogP contribution in [0.4, 0.5) is 0 Å². The maximum atomic E-state index is 5.90. The minimum atomic E-state index is -0.641. The van der Waals surface area contributed by atoms with E-state index in [0.717, 1.165) is 17.7 Å². The molecule has 0 saturated heterocycles. The summed E-state index contributed by atoms with van der Waals surface area (Å²) < 4.78 is 17.4. The highest BCUT2D eigenvalue weighted by atomic mass is 28.2. The minimum absolute atomic E-state index is 0.0919. The van der Waals surface area contributed by atoms with Crippen LogP contribution in [-0.2, 0) is 9.47 Å². The number of ether oxygens (including phenoxy) is 2. The highest BCUT2D eigenvalue weighted by molar-refractivity contribution is 6.32. The minimum Gasteiger partial charge on any atom is -0.535 e. The molecule has 1 rings (SSSR count). The quantitative estimate of drug-likeness (QED) is 0.511. The van der Waals surface area contributed by atoms with Gasteiger partial charge in [-0.25, -0.2) is 0 Å². The van der Waals surface area contributed by atoms with Crippen LogP contribution < -0.4 is 4.43 Å². The Kier molecular flexibility index (Phi) is 6.84. The van der Waals surface area contributed by atoms with Gasteiger partial charge in [0.2, 0.25) is 0 Å². The molecule has 1 aromatic rings. The molecule has 0 aliphatic rings. The molecule has 4 heteroatoms. The van der Waals surface area contributed by atoms with Crippen molar-refractivity contribution in [2.45, 2.75) is 32.6 Å². The van der Waals surface area contributed by atoms with Crippen molar-refractivity contribution < 1.29 is 13.9 Å². The Morgan fingerprint density at radius 1 is 1.16 bits per heavy atom. The Balaban J connectivity index is 2.77. The Morgan fingerprint density at radius 2 is 1.79 bits per heavy atom. The van der Waals surface area contributed by atoms with E-state index in [2.05, 4.69) is 6.58 Å². The Labute approximate surface area is 118 Å². The van der Waals surface area contributed by atoms with Crippen LogP contribution in [0.25, 0.3) is 6.08 Å². The highest BCUT2D eigenvalue weighted by Gasteiger charge is 2.33. The summed E-state index contributed by atoms with van der Waals surface area (Å²) >= 11 is 0. The van der Waals surface area contributed by atoms with E-state index in [9.17, 15) is 0 Å². The van der Waals surface area contributed by atoms with Gasteiger partial charge in [0.1, 0.15) is 5.75 Å². The fourth-order valence-corrected chi connectivity index (χ4v) is 2.72. The van der Waals surface area contributed by atoms with E-state index in [-0.39, 0.29) is 9.76 Å². The first-order valence-corrected chi connectivity index (χ1v) is 7.55. The van der Waals surface area contributed by atoms with Crippen LogP contribution in [0.15, 0.2) is 30.8 Å². The summed E-state index contributed by atoms with van der Waals surface area (Å²) in [7, 11) is 0.0919. The van der Waals surface area contributed by atoms with E-state index in [0.29, 0.717) is 13.2 Å². The standard InChI is InChI=1S/C15H22O3Si/c1-5-13-11-9-10-12-14(13)18-19-15(6-2,16-7-3)17-8-4/h5,9-12H,1,6-8H2,2-4H3. The van der Waals surface area contributed by atoms with Gasteiger partial charge in [0.25, 0.3) is 0 Å². The summed E-state index contributed by atoms with van der Waals surface area (Å²) in [5.41, 5.74) is 0.339. The average Bonchev–Trinajstić information content (AvgIpc) is 2.45. The number of rotatable bonds is 9. The first-order chi connectivity index (χ1) is 9.21. The van der Waals surface area contributed by atoms with Gasteiger partial charge in [-0.15, -0.1) is 0 Å². The molecule has 0 aliphatic heterocycles. The molecule has 0 spiro atoms. The van der Waals surface area contributed by atoms with E-state index < -0.39 is 5.41 Å². The molecular weight excluding hydrogens is 256 g/mol. The molecule has 0 unspecified atom stereocenters. The van der Waals surface area contributed by atoms with Crippen LogP contribution in [0.3, 0.4) is 0 Å². The van der Waals surface area contributed by atoms with E-state index in [4.69, 9.17) is 13.9 Å². The lowest BCUT2D eigenvalue weighted by atomic mass is 10.2. The van der Waals surface area contributed by atoms with Gasteiger partial charge in [-0.1, -0.05) is 37.8 Å². The van der Waals surface area contributed by atoms with Crippen molar-refractivity contribution in [3.63, 3.8) is 0 Å². The second kappa shape index (κ2) is 8.14. The summed E-state index contributed by atoms with van der Waals surface area (Å²) in [5, 5.41) is 0. The summed E-state index contributed by atoms with van der Waals surface area (Å²) in [6.45, 7) is 11.0. The van der Waals surface area contributed by atoms with Crippen molar-refractivity contribution in [1.29, 1.82) is 0 Å². The van der Waals surface area contributed by atoms with E-state index >= 15 is 0 Å². The zero-order valence-corrected chi connectivity index (χ0v) is 12.9. The molecule has 0 amide bonds. The van der Waals surface area contributed by atoms with Gasteiger partial charge in [-0.05, 0) is 26.3 Å². The van der Waals surface area contributed by atoms with E-state index in [1.807, 2.05) is 45.0 Å². The molecule has 0 N–H and O–H groups in total. The maximum Gasteiger partial charge on any atom is 0.381 e. The third kappa shape index (κ3) is 4.49. The van der Waals surface area contributed by atoms with Crippen molar-refractivity contribution in [3.05, 3.63) is 36.4 Å². The van der Waals surface area contributed by atoms with Crippen molar-refractivity contribution >= 4 is 15.8 Å². The number of para-hydroxylation sites is 1. The van der Waals surface area contributed by atoms with Crippen molar-refractivity contribution in [3.8, 4) is 5.75 Å². The van der Waals surface area contributed by atoms with E-state index in [1.54, 1.807) is 6.08 Å². The fourth-order valence-electron chi connectivity index (χ4n) is 1.72. The lowest BCUT2D eigenvalue weighted by molar-refractivity contribution is -0.181. The van der Waals surface area contributed by atoms with Crippen LogP contribution in [-0.4, -0.2) is 28.4 Å². The summed E-state index contributed by atoms with van der Waals surface area (Å²) in [5.74, 6) is 0.813. The predicted molar refractivity (Wildman–Crippen MR) is 79.2 cm³/mol. The molecule has 1 aromatic carbocycles. The fraction of sp³-hybridized carbons (Fsp3) is 0.467. The topological polar surface area (TPSA) is 27.7 Å². The molecule has 0 heterocycles. The molecular formula is C15H22O3Si. The molecule has 0 saturated carbocycles. The maximum absolute atomic E-state index is 5.90. The number of benzene rings is 1. The van der Waals surface area contributed by atoms with Gasteiger partial charge in [0.05, 0.1) is 0 Å². The third-order valence-electron chi connectivity index (χ3n) is 2.68. The Bertz CT molecular complexity index is 387. The molecule has 0 fully saturated rings. The second-order valence-electron chi connectivity index (χ2n) is 3.92. The van der Waals surface area contributed by atoms with Gasteiger partial charge < -0.3 is 13.9 Å². The smallest absolute Gasteiger partial charge is 0.381 e. The lowest BCUT2D eigenvalue weighted by Gasteiger charge is -2.30. The molecule has 0 aliphatic carbocycles. The molecule has 3 nitrogen and oxygen atoms in total. The van der Waals surface area contributed by atoms with Crippen molar-refractivity contribution in [2.24, 2.45) is 0 Å². The monoisotopic (exact) mass is 278 g/mol.